The molecule has 0 radical (unpaired) electrons. The molecular formula is C20H18O5. The van der Waals surface area contributed by atoms with Gasteiger partial charge in [0.1, 0.15) is 22.7 Å². The Hall–Kier alpha value is -3.21. The van der Waals surface area contributed by atoms with Crippen molar-refractivity contribution in [3.05, 3.63) is 59.9 Å². The van der Waals surface area contributed by atoms with E-state index in [0.717, 1.165) is 22.3 Å². The topological polar surface area (TPSA) is 68.9 Å². The van der Waals surface area contributed by atoms with Crippen molar-refractivity contribution in [3.63, 3.8) is 0 Å². The number of ether oxygens (including phenoxy) is 2. The Bertz CT molecular complexity index is 965. The monoisotopic (exact) mass is 338 g/mol. The summed E-state index contributed by atoms with van der Waals surface area (Å²) >= 11 is 0. The van der Waals surface area contributed by atoms with Crippen molar-refractivity contribution in [2.45, 2.75) is 6.92 Å². The number of methoxy groups -OCH3 is 2. The molecule has 0 fully saturated rings. The highest BCUT2D eigenvalue weighted by Gasteiger charge is 2.20. The van der Waals surface area contributed by atoms with Gasteiger partial charge in [0.05, 0.1) is 20.5 Å². The molecule has 5 nitrogen and oxygen atoms in total. The number of carboxylic acid groups (broad SMARTS) is 1. The Morgan fingerprint density at radius 3 is 2.60 bits per heavy atom. The maximum absolute atomic E-state index is 11.6. The van der Waals surface area contributed by atoms with E-state index < -0.39 is 5.97 Å². The van der Waals surface area contributed by atoms with E-state index >= 15 is 0 Å². The number of hydrogen-bond acceptors (Lipinski definition) is 4. The van der Waals surface area contributed by atoms with Gasteiger partial charge in [-0.05, 0) is 19.1 Å². The zero-order chi connectivity index (χ0) is 18.0. The van der Waals surface area contributed by atoms with Gasteiger partial charge >= 0.3 is 5.97 Å². The molecule has 0 atom stereocenters. The molecule has 1 N–H and O–H groups in total. The predicted octanol–water partition coefficient (Wildman–Crippen LogP) is 4.49. The molecule has 0 unspecified atom stereocenters. The number of rotatable bonds is 5. The predicted molar refractivity (Wildman–Crippen MR) is 95.6 cm³/mol. The molecule has 0 amide bonds. The van der Waals surface area contributed by atoms with Crippen LogP contribution in [0, 0.1) is 6.92 Å². The average Bonchev–Trinajstić information content (AvgIpc) is 2.97. The lowest BCUT2D eigenvalue weighted by molar-refractivity contribution is -0.130. The zero-order valence-electron chi connectivity index (χ0n) is 14.2. The first-order valence-electron chi connectivity index (χ1n) is 7.70. The van der Waals surface area contributed by atoms with Crippen LogP contribution >= 0.6 is 0 Å². The Morgan fingerprint density at radius 1 is 1.16 bits per heavy atom. The fraction of sp³-hybridized carbons (Fsp3) is 0.150. The standard InChI is InChI=1S/C20H18O5/c1-12-15-8-5-9-16(17(11-23-2)20(21)22)19(15)25-18(12)13-6-4-7-14(10-13)24-3/h4-11H,1-3H3,(H,21,22). The number of benzene rings is 2. The summed E-state index contributed by atoms with van der Waals surface area (Å²) in [5.41, 5.74) is 2.84. The summed E-state index contributed by atoms with van der Waals surface area (Å²) in [4.78, 5) is 11.6. The summed E-state index contributed by atoms with van der Waals surface area (Å²) < 4.78 is 16.3. The fourth-order valence-electron chi connectivity index (χ4n) is 2.84. The number of carboxylic acids is 1. The normalized spacial score (nSPS) is 11.6. The highest BCUT2D eigenvalue weighted by atomic mass is 16.5. The molecule has 0 aliphatic heterocycles. The van der Waals surface area contributed by atoms with Gasteiger partial charge in [-0.15, -0.1) is 0 Å². The van der Waals surface area contributed by atoms with Gasteiger partial charge in [-0.2, -0.15) is 0 Å². The van der Waals surface area contributed by atoms with Crippen LogP contribution in [0.2, 0.25) is 0 Å². The molecule has 0 aliphatic rings. The first-order valence-corrected chi connectivity index (χ1v) is 7.70. The molecule has 3 rings (SSSR count). The molecule has 0 spiro atoms. The van der Waals surface area contributed by atoms with Gasteiger partial charge in [0, 0.05) is 22.1 Å². The lowest BCUT2D eigenvalue weighted by Crippen LogP contribution is -2.00. The Balaban J connectivity index is 2.25. The Kier molecular flexibility index (Phi) is 4.48. The van der Waals surface area contributed by atoms with Crippen molar-refractivity contribution in [1.29, 1.82) is 0 Å². The maximum Gasteiger partial charge on any atom is 0.339 e. The van der Waals surface area contributed by atoms with Crippen LogP contribution in [0.1, 0.15) is 11.1 Å². The van der Waals surface area contributed by atoms with E-state index in [4.69, 9.17) is 13.9 Å². The molecule has 128 valence electrons. The van der Waals surface area contributed by atoms with E-state index in [1.54, 1.807) is 13.2 Å². The van der Waals surface area contributed by atoms with Gasteiger partial charge in [0.2, 0.25) is 0 Å². The zero-order valence-corrected chi connectivity index (χ0v) is 14.2. The Morgan fingerprint density at radius 2 is 1.92 bits per heavy atom. The second-order valence-electron chi connectivity index (χ2n) is 5.54. The second kappa shape index (κ2) is 6.73. The van der Waals surface area contributed by atoms with Gasteiger partial charge < -0.3 is 19.0 Å². The fourth-order valence-corrected chi connectivity index (χ4v) is 2.84. The summed E-state index contributed by atoms with van der Waals surface area (Å²) in [6, 6.07) is 13.0. The number of carbonyl (C=O) groups is 1. The molecule has 0 bridgehead atoms. The summed E-state index contributed by atoms with van der Waals surface area (Å²) in [6.45, 7) is 1.95. The quantitative estimate of drug-likeness (QED) is 0.548. The highest BCUT2D eigenvalue weighted by Crippen LogP contribution is 2.37. The van der Waals surface area contributed by atoms with Crippen LogP contribution in [-0.2, 0) is 9.53 Å². The first-order chi connectivity index (χ1) is 12.1. The number of aliphatic carboxylic acids is 1. The SMILES string of the molecule is COC=C(C(=O)O)c1cccc2c(C)c(-c3cccc(OC)c3)oc12. The third-order valence-electron chi connectivity index (χ3n) is 4.05. The minimum Gasteiger partial charge on any atom is -0.503 e. The first kappa shape index (κ1) is 16.6. The van der Waals surface area contributed by atoms with E-state index in [-0.39, 0.29) is 5.57 Å². The van der Waals surface area contributed by atoms with Crippen LogP contribution in [0.5, 0.6) is 5.75 Å². The summed E-state index contributed by atoms with van der Waals surface area (Å²) in [5.74, 6) is 0.331. The van der Waals surface area contributed by atoms with Gasteiger partial charge in [-0.1, -0.05) is 30.3 Å². The molecule has 25 heavy (non-hydrogen) atoms. The van der Waals surface area contributed by atoms with Crippen LogP contribution in [0.25, 0.3) is 27.9 Å². The van der Waals surface area contributed by atoms with Crippen LogP contribution in [0.3, 0.4) is 0 Å². The summed E-state index contributed by atoms with van der Waals surface area (Å²) in [7, 11) is 3.02. The van der Waals surface area contributed by atoms with E-state index in [1.165, 1.54) is 13.4 Å². The summed E-state index contributed by atoms with van der Waals surface area (Å²) in [5, 5.41) is 10.3. The third-order valence-corrected chi connectivity index (χ3v) is 4.05. The van der Waals surface area contributed by atoms with Crippen LogP contribution in [0.15, 0.2) is 53.1 Å². The van der Waals surface area contributed by atoms with Crippen molar-refractivity contribution in [2.24, 2.45) is 0 Å². The lowest BCUT2D eigenvalue weighted by atomic mass is 10.0. The number of aryl methyl sites for hydroxylation is 1. The van der Waals surface area contributed by atoms with Crippen molar-refractivity contribution in [1.82, 2.24) is 0 Å². The smallest absolute Gasteiger partial charge is 0.339 e. The molecule has 0 aliphatic carbocycles. The molecule has 0 saturated heterocycles. The molecule has 1 aromatic heterocycles. The lowest BCUT2D eigenvalue weighted by Gasteiger charge is -2.04. The number of furan rings is 1. The summed E-state index contributed by atoms with van der Waals surface area (Å²) in [6.07, 6.45) is 1.21. The van der Waals surface area contributed by atoms with E-state index in [9.17, 15) is 9.90 Å². The van der Waals surface area contributed by atoms with E-state index in [1.807, 2.05) is 43.3 Å². The van der Waals surface area contributed by atoms with Gasteiger partial charge in [-0.3, -0.25) is 0 Å². The number of fused-ring (bicyclic) bond motifs is 1. The maximum atomic E-state index is 11.6. The number of para-hydroxylation sites is 1. The highest BCUT2D eigenvalue weighted by molar-refractivity contribution is 6.18. The molecular weight excluding hydrogens is 320 g/mol. The van der Waals surface area contributed by atoms with Crippen LogP contribution in [-0.4, -0.2) is 25.3 Å². The van der Waals surface area contributed by atoms with Crippen molar-refractivity contribution in [3.8, 4) is 17.1 Å². The van der Waals surface area contributed by atoms with Crippen LogP contribution in [0.4, 0.5) is 0 Å². The molecule has 0 saturated carbocycles. The van der Waals surface area contributed by atoms with Gasteiger partial charge in [-0.25, -0.2) is 4.79 Å². The van der Waals surface area contributed by atoms with E-state index in [2.05, 4.69) is 0 Å². The van der Waals surface area contributed by atoms with Crippen molar-refractivity contribution in [2.75, 3.05) is 14.2 Å². The van der Waals surface area contributed by atoms with E-state index in [0.29, 0.717) is 16.9 Å². The Labute approximate surface area is 145 Å². The molecule has 1 heterocycles. The minimum absolute atomic E-state index is 0.0408. The molecule has 5 heteroatoms. The van der Waals surface area contributed by atoms with Crippen molar-refractivity contribution >= 4 is 22.5 Å². The van der Waals surface area contributed by atoms with Gasteiger partial charge in [0.15, 0.2) is 0 Å². The average molecular weight is 338 g/mol. The third kappa shape index (κ3) is 2.96. The minimum atomic E-state index is -1.08. The van der Waals surface area contributed by atoms with Gasteiger partial charge in [0.25, 0.3) is 0 Å². The number of hydrogen-bond donors (Lipinski definition) is 1. The molecule has 2 aromatic carbocycles. The van der Waals surface area contributed by atoms with Crippen LogP contribution < -0.4 is 4.74 Å². The largest absolute Gasteiger partial charge is 0.503 e. The van der Waals surface area contributed by atoms with Crippen molar-refractivity contribution < 1.29 is 23.8 Å². The second-order valence-corrected chi connectivity index (χ2v) is 5.54. The molecule has 3 aromatic rings.